The zero-order valence-electron chi connectivity index (χ0n) is 10.5. The zero-order valence-corrected chi connectivity index (χ0v) is 11.3. The summed E-state index contributed by atoms with van der Waals surface area (Å²) in [5.41, 5.74) is 5.71. The van der Waals surface area contributed by atoms with Gasteiger partial charge in [0.25, 0.3) is 0 Å². The van der Waals surface area contributed by atoms with Crippen molar-refractivity contribution >= 4 is 15.7 Å². The number of anilines is 1. The highest BCUT2D eigenvalue weighted by Gasteiger charge is 2.53. The highest BCUT2D eigenvalue weighted by atomic mass is 32.2. The van der Waals surface area contributed by atoms with Crippen LogP contribution in [0.4, 0.5) is 10.1 Å². The first-order valence-corrected chi connectivity index (χ1v) is 7.96. The minimum Gasteiger partial charge on any atom is -0.398 e. The average Bonchev–Trinajstić information content (AvgIpc) is 3.19. The maximum Gasteiger partial charge on any atom is 0.242 e. The van der Waals surface area contributed by atoms with E-state index in [2.05, 4.69) is 4.72 Å². The first-order chi connectivity index (χ1) is 8.93. The molecule has 3 N–H and O–H groups in total. The molecule has 6 heteroatoms. The quantitative estimate of drug-likeness (QED) is 0.811. The van der Waals surface area contributed by atoms with E-state index in [4.69, 9.17) is 5.73 Å². The molecule has 2 fully saturated rings. The van der Waals surface area contributed by atoms with Crippen LogP contribution in [0.2, 0.25) is 0 Å². The van der Waals surface area contributed by atoms with Crippen LogP contribution in [0.1, 0.15) is 25.7 Å². The van der Waals surface area contributed by atoms with E-state index in [1.54, 1.807) is 0 Å². The van der Waals surface area contributed by atoms with Gasteiger partial charge in [0.15, 0.2) is 0 Å². The monoisotopic (exact) mass is 284 g/mol. The summed E-state index contributed by atoms with van der Waals surface area (Å²) < 4.78 is 39.9. The Hall–Kier alpha value is -1.14. The van der Waals surface area contributed by atoms with Gasteiger partial charge in [-0.1, -0.05) is 0 Å². The summed E-state index contributed by atoms with van der Waals surface area (Å²) in [6.45, 7) is 0.469. The number of hydrogen-bond acceptors (Lipinski definition) is 3. The largest absolute Gasteiger partial charge is 0.398 e. The van der Waals surface area contributed by atoms with Crippen LogP contribution < -0.4 is 10.5 Å². The number of halogens is 1. The molecule has 2 aliphatic carbocycles. The Bertz CT molecular complexity index is 607. The molecule has 2 aliphatic rings. The van der Waals surface area contributed by atoms with Crippen molar-refractivity contribution in [1.29, 1.82) is 0 Å². The second kappa shape index (κ2) is 4.18. The molecule has 2 saturated carbocycles. The Morgan fingerprint density at radius 2 is 2.05 bits per heavy atom. The van der Waals surface area contributed by atoms with E-state index in [0.29, 0.717) is 12.5 Å². The summed E-state index contributed by atoms with van der Waals surface area (Å²) in [7, 11) is -3.65. The number of nitrogens with one attached hydrogen (secondary N) is 1. The molecular formula is C13H17FN2O2S. The zero-order chi connectivity index (χ0) is 13.7. The SMILES string of the molecule is Nc1cc(F)ccc1S(=O)(=O)NCC1(C2CC2)CC1. The Morgan fingerprint density at radius 3 is 2.58 bits per heavy atom. The Labute approximate surface area is 112 Å². The van der Waals surface area contributed by atoms with E-state index < -0.39 is 15.8 Å². The molecule has 3 rings (SSSR count). The second-order valence-corrected chi connectivity index (χ2v) is 7.38. The topological polar surface area (TPSA) is 72.2 Å². The van der Waals surface area contributed by atoms with Gasteiger partial charge in [-0.3, -0.25) is 0 Å². The number of nitrogens with two attached hydrogens (primary N) is 1. The van der Waals surface area contributed by atoms with Crippen LogP contribution in [0.15, 0.2) is 23.1 Å². The number of rotatable bonds is 5. The van der Waals surface area contributed by atoms with Crippen LogP contribution in [0.3, 0.4) is 0 Å². The van der Waals surface area contributed by atoms with Gasteiger partial charge in [0.05, 0.1) is 5.69 Å². The van der Waals surface area contributed by atoms with Gasteiger partial charge in [-0.05, 0) is 55.2 Å². The van der Waals surface area contributed by atoms with Crippen molar-refractivity contribution in [3.63, 3.8) is 0 Å². The second-order valence-electron chi connectivity index (χ2n) is 5.64. The van der Waals surface area contributed by atoms with Crippen molar-refractivity contribution in [2.24, 2.45) is 11.3 Å². The molecule has 1 aromatic rings. The van der Waals surface area contributed by atoms with Crippen LogP contribution >= 0.6 is 0 Å². The summed E-state index contributed by atoms with van der Waals surface area (Å²) in [5.74, 6) is 0.147. The van der Waals surface area contributed by atoms with E-state index in [1.807, 2.05) is 0 Å². The third-order valence-corrected chi connectivity index (χ3v) is 5.69. The van der Waals surface area contributed by atoms with E-state index in [1.165, 1.54) is 18.9 Å². The highest BCUT2D eigenvalue weighted by molar-refractivity contribution is 7.89. The number of sulfonamides is 1. The molecule has 0 radical (unpaired) electrons. The maximum absolute atomic E-state index is 12.9. The van der Waals surface area contributed by atoms with Crippen molar-refractivity contribution in [1.82, 2.24) is 4.72 Å². The smallest absolute Gasteiger partial charge is 0.242 e. The Balaban J connectivity index is 1.75. The lowest BCUT2D eigenvalue weighted by Crippen LogP contribution is -2.31. The summed E-state index contributed by atoms with van der Waals surface area (Å²) in [4.78, 5) is -0.0412. The summed E-state index contributed by atoms with van der Waals surface area (Å²) in [6, 6.07) is 3.35. The molecule has 0 aromatic heterocycles. The van der Waals surface area contributed by atoms with Crippen molar-refractivity contribution in [3.05, 3.63) is 24.0 Å². The van der Waals surface area contributed by atoms with Gasteiger partial charge in [-0.15, -0.1) is 0 Å². The normalized spacial score (nSPS) is 21.3. The molecule has 0 bridgehead atoms. The third-order valence-electron chi connectivity index (χ3n) is 4.21. The van der Waals surface area contributed by atoms with Gasteiger partial charge in [0, 0.05) is 6.54 Å². The fourth-order valence-electron chi connectivity index (χ4n) is 2.67. The Morgan fingerprint density at radius 1 is 1.37 bits per heavy atom. The summed E-state index contributed by atoms with van der Waals surface area (Å²) in [5, 5.41) is 0. The van der Waals surface area contributed by atoms with Crippen molar-refractivity contribution in [3.8, 4) is 0 Å². The van der Waals surface area contributed by atoms with Crippen molar-refractivity contribution < 1.29 is 12.8 Å². The predicted molar refractivity (Wildman–Crippen MR) is 70.4 cm³/mol. The van der Waals surface area contributed by atoms with Crippen LogP contribution in [0, 0.1) is 17.2 Å². The van der Waals surface area contributed by atoms with Gasteiger partial charge >= 0.3 is 0 Å². The van der Waals surface area contributed by atoms with E-state index in [9.17, 15) is 12.8 Å². The molecule has 4 nitrogen and oxygen atoms in total. The lowest BCUT2D eigenvalue weighted by atomic mass is 10.0. The average molecular weight is 284 g/mol. The molecule has 0 unspecified atom stereocenters. The van der Waals surface area contributed by atoms with E-state index >= 15 is 0 Å². The van der Waals surface area contributed by atoms with Gasteiger partial charge in [-0.25, -0.2) is 17.5 Å². The third kappa shape index (κ3) is 2.47. The predicted octanol–water partition coefficient (Wildman–Crippen LogP) is 1.88. The molecule has 0 amide bonds. The Kier molecular flexibility index (Phi) is 2.83. The summed E-state index contributed by atoms with van der Waals surface area (Å²) in [6.07, 6.45) is 4.61. The number of benzene rings is 1. The molecular weight excluding hydrogens is 267 g/mol. The highest BCUT2D eigenvalue weighted by Crippen LogP contribution is 2.60. The molecule has 104 valence electrons. The fourth-order valence-corrected chi connectivity index (χ4v) is 3.92. The molecule has 0 aliphatic heterocycles. The standard InChI is InChI=1S/C13H17FN2O2S/c14-10-3-4-12(11(15)7-10)19(17,18)16-8-13(5-6-13)9-1-2-9/h3-4,7,9,16H,1-2,5-6,8,15H2. The van der Waals surface area contributed by atoms with Crippen molar-refractivity contribution in [2.45, 2.75) is 30.6 Å². The molecule has 0 atom stereocenters. The first kappa shape index (κ1) is 12.9. The fraction of sp³-hybridized carbons (Fsp3) is 0.538. The van der Waals surface area contributed by atoms with E-state index in [0.717, 1.165) is 25.0 Å². The van der Waals surface area contributed by atoms with Gasteiger partial charge in [-0.2, -0.15) is 0 Å². The van der Waals surface area contributed by atoms with Gasteiger partial charge < -0.3 is 5.73 Å². The molecule has 0 spiro atoms. The van der Waals surface area contributed by atoms with Crippen molar-refractivity contribution in [2.75, 3.05) is 12.3 Å². The molecule has 1 aromatic carbocycles. The summed E-state index contributed by atoms with van der Waals surface area (Å²) >= 11 is 0. The maximum atomic E-state index is 12.9. The molecule has 0 heterocycles. The van der Waals surface area contributed by atoms with Crippen LogP contribution in [0.25, 0.3) is 0 Å². The number of hydrogen-bond donors (Lipinski definition) is 2. The molecule has 19 heavy (non-hydrogen) atoms. The van der Waals surface area contributed by atoms with Crippen LogP contribution in [-0.2, 0) is 10.0 Å². The van der Waals surface area contributed by atoms with Gasteiger partial charge in [0.1, 0.15) is 10.7 Å². The first-order valence-electron chi connectivity index (χ1n) is 6.48. The minimum absolute atomic E-state index is 0.0412. The lowest BCUT2D eigenvalue weighted by molar-refractivity contribution is 0.432. The lowest BCUT2D eigenvalue weighted by Gasteiger charge is -2.16. The van der Waals surface area contributed by atoms with Crippen LogP contribution in [-0.4, -0.2) is 15.0 Å². The van der Waals surface area contributed by atoms with Gasteiger partial charge in [0.2, 0.25) is 10.0 Å². The van der Waals surface area contributed by atoms with Crippen LogP contribution in [0.5, 0.6) is 0 Å². The minimum atomic E-state index is -3.65. The number of nitrogen functional groups attached to an aromatic ring is 1. The van der Waals surface area contributed by atoms with E-state index in [-0.39, 0.29) is 16.0 Å². The molecule has 0 saturated heterocycles.